The van der Waals surface area contributed by atoms with Gasteiger partial charge in [0.2, 0.25) is 6.79 Å². The fourth-order valence-electron chi connectivity index (χ4n) is 2.52. The van der Waals surface area contributed by atoms with Gasteiger partial charge in [0.05, 0.1) is 23.0 Å². The first-order valence-corrected chi connectivity index (χ1v) is 10.0. The van der Waals surface area contributed by atoms with Gasteiger partial charge in [0, 0.05) is 0 Å². The monoisotopic (exact) mass is 439 g/mol. The van der Waals surface area contributed by atoms with Crippen LogP contribution in [0.5, 0.6) is 0 Å². The van der Waals surface area contributed by atoms with Gasteiger partial charge in [0.25, 0.3) is 5.56 Å². The molecular formula is C18H16F2N3O6P. The highest BCUT2D eigenvalue weighted by Crippen LogP contribution is 2.58. The third-order valence-corrected chi connectivity index (χ3v) is 5.52. The molecule has 0 saturated carbocycles. The lowest BCUT2D eigenvalue weighted by atomic mass is 10.2. The van der Waals surface area contributed by atoms with Crippen LogP contribution >= 0.6 is 7.60 Å². The van der Waals surface area contributed by atoms with E-state index in [1.54, 1.807) is 30.3 Å². The minimum atomic E-state index is -5.64. The van der Waals surface area contributed by atoms with E-state index in [1.165, 1.54) is 24.3 Å². The zero-order valence-corrected chi connectivity index (χ0v) is 16.2. The van der Waals surface area contributed by atoms with Crippen molar-refractivity contribution in [3.05, 3.63) is 76.2 Å². The maximum Gasteiger partial charge on any atom is 0.400 e. The second kappa shape index (κ2) is 8.31. The number of carbonyl (C=O) groups excluding carboxylic acids is 1. The van der Waals surface area contributed by atoms with E-state index in [1.807, 2.05) is 0 Å². The standard InChI is InChI=1S/C18H16F2N3O6P/c19-18(20,10-14-16(24)23(21)15-9-5-4-8-13(15)22-14)30(26,27)29-11-28-17(25)12-6-2-1-3-7-12/h1-9H,10-11,21H2,(H,26,27). The minimum Gasteiger partial charge on any atom is -0.434 e. The van der Waals surface area contributed by atoms with Crippen molar-refractivity contribution in [2.45, 2.75) is 12.1 Å². The molecule has 0 bridgehead atoms. The summed E-state index contributed by atoms with van der Waals surface area (Å²) >= 11 is 0. The molecule has 0 aliphatic carbocycles. The molecule has 1 aromatic heterocycles. The predicted octanol–water partition coefficient (Wildman–Crippen LogP) is 2.26. The lowest BCUT2D eigenvalue weighted by Gasteiger charge is -2.21. The second-order valence-electron chi connectivity index (χ2n) is 6.13. The van der Waals surface area contributed by atoms with Gasteiger partial charge < -0.3 is 15.5 Å². The van der Waals surface area contributed by atoms with Crippen molar-refractivity contribution in [2.75, 3.05) is 12.6 Å². The van der Waals surface area contributed by atoms with Crippen LogP contribution < -0.4 is 11.4 Å². The van der Waals surface area contributed by atoms with Gasteiger partial charge in [-0.25, -0.2) is 14.5 Å². The van der Waals surface area contributed by atoms with Crippen LogP contribution in [0.15, 0.2) is 59.4 Å². The second-order valence-corrected chi connectivity index (χ2v) is 8.08. The first-order chi connectivity index (χ1) is 14.1. The number of nitrogens with zero attached hydrogens (tertiary/aromatic N) is 2. The predicted molar refractivity (Wildman–Crippen MR) is 102 cm³/mol. The number of carbonyl (C=O) groups is 1. The highest BCUT2D eigenvalue weighted by Gasteiger charge is 2.52. The molecule has 0 spiro atoms. The summed E-state index contributed by atoms with van der Waals surface area (Å²) in [7, 11) is -5.64. The van der Waals surface area contributed by atoms with Crippen molar-refractivity contribution >= 4 is 24.6 Å². The number of rotatable bonds is 7. The third kappa shape index (κ3) is 4.38. The number of benzene rings is 2. The van der Waals surface area contributed by atoms with Gasteiger partial charge in [0.1, 0.15) is 5.69 Å². The third-order valence-electron chi connectivity index (χ3n) is 4.08. The molecule has 3 aromatic rings. The largest absolute Gasteiger partial charge is 0.434 e. The fourth-order valence-corrected chi connectivity index (χ4v) is 3.26. The fraction of sp³-hybridized carbons (Fsp3) is 0.167. The molecular weight excluding hydrogens is 423 g/mol. The summed E-state index contributed by atoms with van der Waals surface area (Å²) in [6, 6.07) is 13.6. The van der Waals surface area contributed by atoms with Crippen molar-refractivity contribution in [1.82, 2.24) is 9.66 Å². The number of nitrogen functional groups attached to an aromatic ring is 1. The van der Waals surface area contributed by atoms with E-state index in [-0.39, 0.29) is 16.6 Å². The normalized spacial score (nSPS) is 13.7. The Morgan fingerprint density at radius 1 is 1.17 bits per heavy atom. The molecule has 0 aliphatic rings. The smallest absolute Gasteiger partial charge is 0.400 e. The van der Waals surface area contributed by atoms with Crippen LogP contribution in [0.2, 0.25) is 0 Å². The molecule has 0 aliphatic heterocycles. The Balaban J connectivity index is 1.73. The summed E-state index contributed by atoms with van der Waals surface area (Å²) in [5.41, 5.74) is -5.72. The molecule has 2 aromatic carbocycles. The van der Waals surface area contributed by atoms with Crippen molar-refractivity contribution in [3.63, 3.8) is 0 Å². The van der Waals surface area contributed by atoms with Gasteiger partial charge >= 0.3 is 19.2 Å². The molecule has 3 rings (SSSR count). The van der Waals surface area contributed by atoms with E-state index in [0.29, 0.717) is 4.68 Å². The average molecular weight is 439 g/mol. The van der Waals surface area contributed by atoms with Crippen molar-refractivity contribution < 1.29 is 32.3 Å². The first kappa shape index (κ1) is 21.6. The molecule has 0 saturated heterocycles. The van der Waals surface area contributed by atoms with E-state index in [4.69, 9.17) is 5.84 Å². The molecule has 0 amide bonds. The van der Waals surface area contributed by atoms with Crippen LogP contribution in [0.1, 0.15) is 16.1 Å². The Hall–Kier alpha value is -3.14. The number of para-hydroxylation sites is 2. The molecule has 3 N–H and O–H groups in total. The molecule has 1 heterocycles. The number of esters is 1. The zero-order chi connectivity index (χ0) is 21.9. The molecule has 0 radical (unpaired) electrons. The summed E-state index contributed by atoms with van der Waals surface area (Å²) in [4.78, 5) is 37.5. The first-order valence-electron chi connectivity index (χ1n) is 8.45. The van der Waals surface area contributed by atoms with E-state index in [9.17, 15) is 27.8 Å². The van der Waals surface area contributed by atoms with Crippen molar-refractivity contribution in [3.8, 4) is 0 Å². The number of hydrogen-bond donors (Lipinski definition) is 2. The average Bonchev–Trinajstić information content (AvgIpc) is 2.72. The van der Waals surface area contributed by atoms with Gasteiger partial charge in [-0.05, 0) is 24.3 Å². The van der Waals surface area contributed by atoms with Crippen LogP contribution in [0.25, 0.3) is 11.0 Å². The summed E-state index contributed by atoms with van der Waals surface area (Å²) < 4.78 is 50.4. The summed E-state index contributed by atoms with van der Waals surface area (Å²) in [5.74, 6) is 4.69. The Kier molecular flexibility index (Phi) is 5.97. The lowest BCUT2D eigenvalue weighted by Crippen LogP contribution is -2.34. The van der Waals surface area contributed by atoms with Gasteiger partial charge in [-0.15, -0.1) is 0 Å². The Morgan fingerprint density at radius 2 is 1.80 bits per heavy atom. The van der Waals surface area contributed by atoms with Crippen LogP contribution in [0.4, 0.5) is 8.78 Å². The van der Waals surface area contributed by atoms with Crippen molar-refractivity contribution in [2.24, 2.45) is 0 Å². The maximum atomic E-state index is 14.4. The molecule has 1 unspecified atom stereocenters. The zero-order valence-electron chi connectivity index (χ0n) is 15.3. The number of aromatic nitrogens is 2. The van der Waals surface area contributed by atoms with E-state index in [0.717, 1.165) is 0 Å². The van der Waals surface area contributed by atoms with E-state index in [2.05, 4.69) is 14.2 Å². The SMILES string of the molecule is Nn1c(=O)c(CC(F)(F)P(=O)(O)OCOC(=O)c2ccccc2)nc2ccccc21. The molecule has 12 heteroatoms. The number of ether oxygens (including phenoxy) is 1. The number of hydrogen-bond acceptors (Lipinski definition) is 7. The molecule has 1 atom stereocenters. The van der Waals surface area contributed by atoms with Crippen LogP contribution in [-0.2, 0) is 20.2 Å². The molecule has 9 nitrogen and oxygen atoms in total. The molecule has 30 heavy (non-hydrogen) atoms. The van der Waals surface area contributed by atoms with Gasteiger partial charge in [-0.1, -0.05) is 30.3 Å². The van der Waals surface area contributed by atoms with Crippen LogP contribution in [-0.4, -0.2) is 33.0 Å². The molecule has 0 fully saturated rings. The minimum absolute atomic E-state index is 0.101. The molecule has 158 valence electrons. The number of halogens is 2. The lowest BCUT2D eigenvalue weighted by molar-refractivity contribution is -0.00764. The van der Waals surface area contributed by atoms with E-state index >= 15 is 0 Å². The summed E-state index contributed by atoms with van der Waals surface area (Å²) in [6.07, 6.45) is -1.51. The quantitative estimate of drug-likeness (QED) is 0.248. The number of alkyl halides is 2. The van der Waals surface area contributed by atoms with Crippen LogP contribution in [0.3, 0.4) is 0 Å². The summed E-state index contributed by atoms with van der Waals surface area (Å²) in [6.45, 7) is -1.19. The van der Waals surface area contributed by atoms with Gasteiger partial charge in [-0.3, -0.25) is 13.9 Å². The maximum absolute atomic E-state index is 14.4. The highest BCUT2D eigenvalue weighted by atomic mass is 31.2. The Morgan fingerprint density at radius 3 is 2.50 bits per heavy atom. The van der Waals surface area contributed by atoms with Crippen LogP contribution in [0, 0.1) is 0 Å². The van der Waals surface area contributed by atoms with E-state index < -0.39 is 43.7 Å². The van der Waals surface area contributed by atoms with Crippen molar-refractivity contribution in [1.29, 1.82) is 0 Å². The highest BCUT2D eigenvalue weighted by molar-refractivity contribution is 7.54. The topological polar surface area (TPSA) is 134 Å². The Bertz CT molecular complexity index is 1190. The number of nitrogens with two attached hydrogens (primary N) is 1. The van der Waals surface area contributed by atoms with Gasteiger partial charge in [-0.2, -0.15) is 8.78 Å². The Labute approximate surface area is 168 Å². The number of fused-ring (bicyclic) bond motifs is 1. The summed E-state index contributed by atoms with van der Waals surface area (Å²) in [5, 5.41) is 0. The van der Waals surface area contributed by atoms with Gasteiger partial charge in [0.15, 0.2) is 0 Å².